The van der Waals surface area contributed by atoms with E-state index >= 15 is 0 Å². The molecule has 1 atom stereocenters. The van der Waals surface area contributed by atoms with E-state index in [2.05, 4.69) is 21.2 Å². The van der Waals surface area contributed by atoms with Gasteiger partial charge in [-0.15, -0.1) is 0 Å². The molecule has 1 aromatic carbocycles. The summed E-state index contributed by atoms with van der Waals surface area (Å²) < 4.78 is 18.9. The van der Waals surface area contributed by atoms with E-state index in [4.69, 9.17) is 16.3 Å². The van der Waals surface area contributed by atoms with Gasteiger partial charge in [-0.05, 0) is 34.5 Å². The second kappa shape index (κ2) is 5.33. The molecule has 0 aliphatic carbocycles. The van der Waals surface area contributed by atoms with Crippen LogP contribution in [0.2, 0.25) is 5.02 Å². The van der Waals surface area contributed by atoms with Gasteiger partial charge < -0.3 is 10.1 Å². The molecule has 1 N–H and O–H groups in total. The van der Waals surface area contributed by atoms with Crippen molar-refractivity contribution < 1.29 is 13.9 Å². The third-order valence-corrected chi connectivity index (χ3v) is 3.75. The van der Waals surface area contributed by atoms with Crippen molar-refractivity contribution in [3.63, 3.8) is 0 Å². The number of nitrogens with one attached hydrogen (secondary N) is 1. The van der Waals surface area contributed by atoms with Crippen LogP contribution in [0.5, 0.6) is 0 Å². The van der Waals surface area contributed by atoms with Crippen LogP contribution in [-0.2, 0) is 4.74 Å². The molecule has 1 aliphatic heterocycles. The molecule has 0 radical (unpaired) electrons. The Hall–Kier alpha value is -0.650. The summed E-state index contributed by atoms with van der Waals surface area (Å²) in [5, 5.41) is 2.75. The molecule has 6 heteroatoms. The summed E-state index contributed by atoms with van der Waals surface area (Å²) in [7, 11) is 0. The number of hydrogen-bond donors (Lipinski definition) is 1. The zero-order valence-corrected chi connectivity index (χ0v) is 11.1. The molecule has 1 unspecified atom stereocenters. The molecule has 1 amide bonds. The van der Waals surface area contributed by atoms with Gasteiger partial charge in [0.15, 0.2) is 0 Å². The predicted molar refractivity (Wildman–Crippen MR) is 65.8 cm³/mol. The van der Waals surface area contributed by atoms with Crippen LogP contribution < -0.4 is 5.32 Å². The SMILES string of the molecule is O=C(NC1CCOC1)c1cc(F)c(Cl)c(Br)c1. The summed E-state index contributed by atoms with van der Waals surface area (Å²) in [5.74, 6) is -0.939. The van der Waals surface area contributed by atoms with Crippen molar-refractivity contribution in [2.75, 3.05) is 13.2 Å². The number of hydrogen-bond acceptors (Lipinski definition) is 2. The number of amides is 1. The van der Waals surface area contributed by atoms with E-state index in [1.165, 1.54) is 6.07 Å². The van der Waals surface area contributed by atoms with E-state index in [0.717, 1.165) is 12.5 Å². The fourth-order valence-corrected chi connectivity index (χ4v) is 2.15. The summed E-state index contributed by atoms with van der Waals surface area (Å²) in [6.07, 6.45) is 0.781. The molecular weight excluding hydrogens is 312 g/mol. The van der Waals surface area contributed by atoms with E-state index < -0.39 is 5.82 Å². The second-order valence-corrected chi connectivity index (χ2v) is 5.02. The lowest BCUT2D eigenvalue weighted by Gasteiger charge is -2.11. The molecule has 17 heavy (non-hydrogen) atoms. The Bertz CT molecular complexity index is 426. The Morgan fingerprint density at radius 2 is 2.35 bits per heavy atom. The first-order valence-corrected chi connectivity index (χ1v) is 6.28. The highest BCUT2D eigenvalue weighted by atomic mass is 79.9. The van der Waals surface area contributed by atoms with Gasteiger partial charge in [-0.25, -0.2) is 4.39 Å². The maximum absolute atomic E-state index is 13.3. The standard InChI is InChI=1S/C11H10BrClFNO2/c12-8-3-6(4-9(14)10(8)13)11(16)15-7-1-2-17-5-7/h3-4,7H,1-2,5H2,(H,15,16). The third-order valence-electron chi connectivity index (χ3n) is 2.51. The first-order valence-electron chi connectivity index (χ1n) is 5.11. The van der Waals surface area contributed by atoms with E-state index in [9.17, 15) is 9.18 Å². The first kappa shape index (κ1) is 12.8. The van der Waals surface area contributed by atoms with Gasteiger partial charge >= 0.3 is 0 Å². The Morgan fingerprint density at radius 3 is 2.94 bits per heavy atom. The minimum absolute atomic E-state index is 0.0000137. The Kier molecular flexibility index (Phi) is 4.01. The Morgan fingerprint density at radius 1 is 1.59 bits per heavy atom. The van der Waals surface area contributed by atoms with Gasteiger partial charge in [0.25, 0.3) is 5.91 Å². The summed E-state index contributed by atoms with van der Waals surface area (Å²) in [6, 6.07) is 2.62. The van der Waals surface area contributed by atoms with Gasteiger partial charge in [-0.2, -0.15) is 0 Å². The van der Waals surface area contributed by atoms with Crippen molar-refractivity contribution in [1.82, 2.24) is 5.32 Å². The second-order valence-electron chi connectivity index (χ2n) is 3.79. The number of rotatable bonds is 2. The zero-order valence-electron chi connectivity index (χ0n) is 8.80. The zero-order chi connectivity index (χ0) is 12.4. The van der Waals surface area contributed by atoms with E-state index in [0.29, 0.717) is 17.7 Å². The summed E-state index contributed by atoms with van der Waals surface area (Å²) in [4.78, 5) is 11.8. The molecule has 1 fully saturated rings. The largest absolute Gasteiger partial charge is 0.379 e. The van der Waals surface area contributed by atoms with Crippen LogP contribution in [0.25, 0.3) is 0 Å². The van der Waals surface area contributed by atoms with Gasteiger partial charge in [0.1, 0.15) is 5.82 Å². The molecule has 0 spiro atoms. The van der Waals surface area contributed by atoms with Crippen molar-refractivity contribution in [2.45, 2.75) is 12.5 Å². The quantitative estimate of drug-likeness (QED) is 0.850. The van der Waals surface area contributed by atoms with Crippen molar-refractivity contribution >= 4 is 33.4 Å². The van der Waals surface area contributed by atoms with Gasteiger partial charge in [0.2, 0.25) is 0 Å². The highest BCUT2D eigenvalue weighted by molar-refractivity contribution is 9.10. The van der Waals surface area contributed by atoms with Crippen molar-refractivity contribution in [3.05, 3.63) is 33.0 Å². The molecule has 0 bridgehead atoms. The fraction of sp³-hybridized carbons (Fsp3) is 0.364. The number of ether oxygens (including phenoxy) is 1. The number of halogens is 3. The molecular formula is C11H10BrClFNO2. The van der Waals surface area contributed by atoms with Crippen LogP contribution in [0.1, 0.15) is 16.8 Å². The van der Waals surface area contributed by atoms with Crippen LogP contribution in [-0.4, -0.2) is 25.2 Å². The predicted octanol–water partition coefficient (Wildman–Crippen LogP) is 2.76. The van der Waals surface area contributed by atoms with Crippen LogP contribution in [0, 0.1) is 5.82 Å². The van der Waals surface area contributed by atoms with E-state index in [-0.39, 0.29) is 22.5 Å². The van der Waals surface area contributed by atoms with Crippen LogP contribution in [0.4, 0.5) is 4.39 Å². The summed E-state index contributed by atoms with van der Waals surface area (Å²) >= 11 is 8.75. The van der Waals surface area contributed by atoms with Crippen molar-refractivity contribution in [2.24, 2.45) is 0 Å². The van der Waals surface area contributed by atoms with Gasteiger partial charge in [-0.1, -0.05) is 11.6 Å². The Labute approximate surface area is 111 Å². The average Bonchev–Trinajstić information content (AvgIpc) is 2.77. The average molecular weight is 323 g/mol. The molecule has 0 saturated carbocycles. The number of benzene rings is 1. The maximum atomic E-state index is 13.3. The highest BCUT2D eigenvalue weighted by Gasteiger charge is 2.19. The lowest BCUT2D eigenvalue weighted by Crippen LogP contribution is -2.35. The molecule has 1 aromatic rings. The maximum Gasteiger partial charge on any atom is 0.251 e. The van der Waals surface area contributed by atoms with Crippen molar-refractivity contribution in [1.29, 1.82) is 0 Å². The minimum atomic E-state index is -0.617. The van der Waals surface area contributed by atoms with E-state index in [1.54, 1.807) is 0 Å². The monoisotopic (exact) mass is 321 g/mol. The molecule has 2 rings (SSSR count). The van der Waals surface area contributed by atoms with Gasteiger partial charge in [0, 0.05) is 16.6 Å². The lowest BCUT2D eigenvalue weighted by molar-refractivity contribution is 0.0929. The molecule has 1 saturated heterocycles. The fourth-order valence-electron chi connectivity index (χ4n) is 1.60. The smallest absolute Gasteiger partial charge is 0.251 e. The topological polar surface area (TPSA) is 38.3 Å². The Balaban J connectivity index is 2.13. The minimum Gasteiger partial charge on any atom is -0.379 e. The summed E-state index contributed by atoms with van der Waals surface area (Å²) in [5.41, 5.74) is 0.241. The molecule has 1 aliphatic rings. The molecule has 3 nitrogen and oxygen atoms in total. The third kappa shape index (κ3) is 2.97. The van der Waals surface area contributed by atoms with Crippen LogP contribution in [0.3, 0.4) is 0 Å². The number of carbonyl (C=O) groups excluding carboxylic acids is 1. The highest BCUT2D eigenvalue weighted by Crippen LogP contribution is 2.26. The van der Waals surface area contributed by atoms with Crippen molar-refractivity contribution in [3.8, 4) is 0 Å². The lowest BCUT2D eigenvalue weighted by atomic mass is 10.2. The van der Waals surface area contributed by atoms with Crippen LogP contribution >= 0.6 is 27.5 Å². The van der Waals surface area contributed by atoms with Gasteiger partial charge in [-0.3, -0.25) is 4.79 Å². The normalized spacial score (nSPS) is 19.4. The molecule has 92 valence electrons. The molecule has 1 heterocycles. The molecule has 0 aromatic heterocycles. The number of carbonyl (C=O) groups is 1. The first-order chi connectivity index (χ1) is 8.08. The summed E-state index contributed by atoms with van der Waals surface area (Å²) in [6.45, 7) is 1.15. The van der Waals surface area contributed by atoms with E-state index in [1.807, 2.05) is 0 Å². The van der Waals surface area contributed by atoms with Gasteiger partial charge in [0.05, 0.1) is 17.7 Å². The van der Waals surface area contributed by atoms with Crippen LogP contribution in [0.15, 0.2) is 16.6 Å².